The molecular weight excluding hydrogens is 323 g/mol. The van der Waals surface area contributed by atoms with Crippen LogP contribution >= 0.6 is 0 Å². The van der Waals surface area contributed by atoms with Crippen LogP contribution in [0.3, 0.4) is 0 Å². The molecule has 2 aromatic rings. The minimum Gasteiger partial charge on any atom is -0.495 e. The predicted octanol–water partition coefficient (Wildman–Crippen LogP) is 2.89. The summed E-state index contributed by atoms with van der Waals surface area (Å²) in [6.45, 7) is 3.87. The summed E-state index contributed by atoms with van der Waals surface area (Å²) >= 11 is 0. The average Bonchev–Trinajstić information content (AvgIpc) is 2.63. The summed E-state index contributed by atoms with van der Waals surface area (Å²) in [5, 5.41) is 8.64. The van der Waals surface area contributed by atoms with Gasteiger partial charge in [-0.25, -0.2) is 9.18 Å². The second kappa shape index (κ2) is 7.85. The van der Waals surface area contributed by atoms with E-state index in [1.807, 2.05) is 24.3 Å². The normalized spacial score (nSPS) is 14.1. The fourth-order valence-corrected chi connectivity index (χ4v) is 2.74. The lowest BCUT2D eigenvalue weighted by Gasteiger charge is -2.29. The topological polar surface area (TPSA) is 65.6 Å². The molecule has 0 radical (unpaired) electrons. The van der Waals surface area contributed by atoms with Gasteiger partial charge in [0.2, 0.25) is 0 Å². The maximum atomic E-state index is 13.3. The van der Waals surface area contributed by atoms with Crippen LogP contribution in [0.1, 0.15) is 0 Å². The van der Waals surface area contributed by atoms with Crippen LogP contribution in [0.4, 0.5) is 26.2 Å². The summed E-state index contributed by atoms with van der Waals surface area (Å²) < 4.78 is 18.5. The van der Waals surface area contributed by atoms with Gasteiger partial charge in [-0.2, -0.15) is 0 Å². The zero-order valence-corrected chi connectivity index (χ0v) is 14.0. The van der Waals surface area contributed by atoms with Crippen LogP contribution in [0.2, 0.25) is 0 Å². The summed E-state index contributed by atoms with van der Waals surface area (Å²) in [6, 6.07) is 11.1. The highest BCUT2D eigenvalue weighted by atomic mass is 19.1. The molecule has 3 N–H and O–H groups in total. The number of rotatable bonds is 4. The molecule has 0 unspecified atom stereocenters. The number of benzene rings is 2. The van der Waals surface area contributed by atoms with E-state index in [-0.39, 0.29) is 5.69 Å². The Morgan fingerprint density at radius 3 is 2.52 bits per heavy atom. The monoisotopic (exact) mass is 344 g/mol. The van der Waals surface area contributed by atoms with Crippen LogP contribution in [-0.2, 0) is 0 Å². The second-order valence-corrected chi connectivity index (χ2v) is 5.71. The van der Waals surface area contributed by atoms with Crippen LogP contribution in [0, 0.1) is 5.82 Å². The molecule has 1 heterocycles. The van der Waals surface area contributed by atoms with Gasteiger partial charge in [0, 0.05) is 43.6 Å². The van der Waals surface area contributed by atoms with Crippen molar-refractivity contribution >= 4 is 23.1 Å². The number of hydrogen-bond acceptors (Lipinski definition) is 4. The first-order valence-corrected chi connectivity index (χ1v) is 8.13. The minimum absolute atomic E-state index is 0.275. The number of ether oxygens (including phenoxy) is 1. The number of carbonyl (C=O) groups excluding carboxylic acids is 1. The second-order valence-electron chi connectivity index (χ2n) is 5.71. The van der Waals surface area contributed by atoms with Gasteiger partial charge in [-0.3, -0.25) is 0 Å². The Kier molecular flexibility index (Phi) is 5.35. The smallest absolute Gasteiger partial charge is 0.323 e. The molecule has 0 bridgehead atoms. The van der Waals surface area contributed by atoms with Crippen molar-refractivity contribution in [2.24, 2.45) is 0 Å². The minimum atomic E-state index is -0.459. The van der Waals surface area contributed by atoms with Gasteiger partial charge in [0.1, 0.15) is 11.6 Å². The van der Waals surface area contributed by atoms with Crippen molar-refractivity contribution in [3.63, 3.8) is 0 Å². The number of urea groups is 1. The van der Waals surface area contributed by atoms with Gasteiger partial charge in [0.05, 0.1) is 12.8 Å². The summed E-state index contributed by atoms with van der Waals surface area (Å²) in [7, 11) is 1.46. The number of nitrogens with zero attached hydrogens (tertiary/aromatic N) is 1. The highest BCUT2D eigenvalue weighted by molar-refractivity contribution is 6.00. The maximum Gasteiger partial charge on any atom is 0.323 e. The van der Waals surface area contributed by atoms with Crippen LogP contribution in [0.25, 0.3) is 0 Å². The number of methoxy groups -OCH3 is 1. The van der Waals surface area contributed by atoms with Crippen molar-refractivity contribution in [3.8, 4) is 5.75 Å². The zero-order chi connectivity index (χ0) is 17.6. The number of halogens is 1. The Bertz CT molecular complexity index is 730. The van der Waals surface area contributed by atoms with Crippen molar-refractivity contribution in [2.45, 2.75) is 0 Å². The Hall–Kier alpha value is -2.80. The van der Waals surface area contributed by atoms with E-state index >= 15 is 0 Å². The van der Waals surface area contributed by atoms with E-state index in [1.54, 1.807) is 0 Å². The molecule has 0 aromatic heterocycles. The number of hydrogen-bond donors (Lipinski definition) is 3. The molecular formula is C18H21FN4O2. The molecule has 132 valence electrons. The highest BCUT2D eigenvalue weighted by Crippen LogP contribution is 2.25. The fraction of sp³-hybridized carbons (Fsp3) is 0.278. The largest absolute Gasteiger partial charge is 0.495 e. The van der Waals surface area contributed by atoms with Crippen molar-refractivity contribution in [1.29, 1.82) is 0 Å². The first kappa shape index (κ1) is 17.0. The van der Waals surface area contributed by atoms with Gasteiger partial charge in [0.15, 0.2) is 0 Å². The fourth-order valence-electron chi connectivity index (χ4n) is 2.74. The SMILES string of the molecule is COc1ccc(F)cc1NC(=O)Nc1ccc(N2CCNCC2)cc1. The highest BCUT2D eigenvalue weighted by Gasteiger charge is 2.11. The van der Waals surface area contributed by atoms with Crippen molar-refractivity contribution in [1.82, 2.24) is 5.32 Å². The third kappa shape index (κ3) is 4.39. The molecule has 0 saturated carbocycles. The molecule has 2 amide bonds. The molecule has 1 saturated heterocycles. The summed E-state index contributed by atoms with van der Waals surface area (Å²) in [6.07, 6.45) is 0. The van der Waals surface area contributed by atoms with Crippen molar-refractivity contribution < 1.29 is 13.9 Å². The Balaban J connectivity index is 1.62. The van der Waals surface area contributed by atoms with Gasteiger partial charge in [-0.15, -0.1) is 0 Å². The molecule has 0 atom stereocenters. The van der Waals surface area contributed by atoms with Gasteiger partial charge in [-0.05, 0) is 36.4 Å². The van der Waals surface area contributed by atoms with E-state index in [0.717, 1.165) is 31.9 Å². The van der Waals surface area contributed by atoms with Crippen molar-refractivity contribution in [2.75, 3.05) is 48.8 Å². The molecule has 0 spiro atoms. The first-order valence-electron chi connectivity index (χ1n) is 8.13. The van der Waals surface area contributed by atoms with Gasteiger partial charge in [0.25, 0.3) is 0 Å². The average molecular weight is 344 g/mol. The van der Waals surface area contributed by atoms with Crippen LogP contribution in [0.5, 0.6) is 5.75 Å². The molecule has 1 aliphatic rings. The molecule has 2 aromatic carbocycles. The van der Waals surface area contributed by atoms with E-state index in [0.29, 0.717) is 11.4 Å². The lowest BCUT2D eigenvalue weighted by atomic mass is 10.2. The van der Waals surface area contributed by atoms with E-state index in [4.69, 9.17) is 4.74 Å². The number of carbonyl (C=O) groups is 1. The molecule has 0 aliphatic carbocycles. The number of nitrogens with one attached hydrogen (secondary N) is 3. The van der Waals surface area contributed by atoms with Crippen LogP contribution < -0.4 is 25.6 Å². The maximum absolute atomic E-state index is 13.3. The number of amides is 2. The van der Waals surface area contributed by atoms with E-state index in [1.165, 1.54) is 25.3 Å². The Morgan fingerprint density at radius 2 is 1.84 bits per heavy atom. The molecule has 3 rings (SSSR count). The molecule has 1 fully saturated rings. The molecule has 1 aliphatic heterocycles. The third-order valence-corrected chi connectivity index (χ3v) is 4.02. The lowest BCUT2D eigenvalue weighted by Crippen LogP contribution is -2.43. The number of piperazine rings is 1. The van der Waals surface area contributed by atoms with E-state index in [2.05, 4.69) is 20.9 Å². The zero-order valence-electron chi connectivity index (χ0n) is 14.0. The van der Waals surface area contributed by atoms with Gasteiger partial charge >= 0.3 is 6.03 Å². The standard InChI is InChI=1S/C18H21FN4O2/c1-25-17-7-2-13(19)12-16(17)22-18(24)21-14-3-5-15(6-4-14)23-10-8-20-9-11-23/h2-7,12,20H,8-11H2,1H3,(H2,21,22,24). The quantitative estimate of drug-likeness (QED) is 0.798. The van der Waals surface area contributed by atoms with Gasteiger partial charge in [-0.1, -0.05) is 0 Å². The van der Waals surface area contributed by atoms with Crippen molar-refractivity contribution in [3.05, 3.63) is 48.3 Å². The number of anilines is 3. The Morgan fingerprint density at radius 1 is 1.12 bits per heavy atom. The van der Waals surface area contributed by atoms with Crippen LogP contribution in [-0.4, -0.2) is 39.3 Å². The summed E-state index contributed by atoms with van der Waals surface area (Å²) in [4.78, 5) is 14.4. The molecule has 25 heavy (non-hydrogen) atoms. The van der Waals surface area contributed by atoms with E-state index < -0.39 is 11.8 Å². The predicted molar refractivity (Wildman–Crippen MR) is 97.1 cm³/mol. The lowest BCUT2D eigenvalue weighted by molar-refractivity contribution is 0.262. The van der Waals surface area contributed by atoms with Crippen LogP contribution in [0.15, 0.2) is 42.5 Å². The summed E-state index contributed by atoms with van der Waals surface area (Å²) in [5.74, 6) is -0.0536. The van der Waals surface area contributed by atoms with E-state index in [9.17, 15) is 9.18 Å². The molecule has 7 heteroatoms. The summed E-state index contributed by atoms with van der Waals surface area (Å²) in [5.41, 5.74) is 2.06. The third-order valence-electron chi connectivity index (χ3n) is 4.02. The van der Waals surface area contributed by atoms with Gasteiger partial charge < -0.3 is 25.6 Å². The Labute approximate surface area is 146 Å². The first-order chi connectivity index (χ1) is 12.2. The molecule has 6 nitrogen and oxygen atoms in total.